The van der Waals surface area contributed by atoms with Crippen molar-refractivity contribution in [3.8, 4) is 0 Å². The molecule has 1 amide bonds. The van der Waals surface area contributed by atoms with Gasteiger partial charge in [0.25, 0.3) is 0 Å². The van der Waals surface area contributed by atoms with Crippen LogP contribution in [-0.4, -0.2) is 29.9 Å². The average Bonchev–Trinajstić information content (AvgIpc) is 2.85. The van der Waals surface area contributed by atoms with Crippen LogP contribution in [0.1, 0.15) is 59.3 Å². The SMILES string of the molecule is CC(C)CN(C(=O)C(C)CCCN)C1CCCC1. The fourth-order valence-electron chi connectivity index (χ4n) is 2.86. The molecule has 0 radical (unpaired) electrons. The zero-order chi connectivity index (χ0) is 13.5. The summed E-state index contributed by atoms with van der Waals surface area (Å²) in [5, 5.41) is 0. The highest BCUT2D eigenvalue weighted by atomic mass is 16.2. The van der Waals surface area contributed by atoms with Gasteiger partial charge >= 0.3 is 0 Å². The van der Waals surface area contributed by atoms with Gasteiger partial charge in [0.15, 0.2) is 0 Å². The number of nitrogens with two attached hydrogens (primary N) is 1. The first-order chi connectivity index (χ1) is 8.56. The van der Waals surface area contributed by atoms with Crippen LogP contribution in [0.5, 0.6) is 0 Å². The lowest BCUT2D eigenvalue weighted by molar-refractivity contribution is -0.138. The lowest BCUT2D eigenvalue weighted by Gasteiger charge is -2.33. The van der Waals surface area contributed by atoms with E-state index < -0.39 is 0 Å². The molecule has 1 saturated carbocycles. The molecule has 0 aromatic rings. The molecule has 106 valence electrons. The molecule has 1 fully saturated rings. The largest absolute Gasteiger partial charge is 0.339 e. The summed E-state index contributed by atoms with van der Waals surface area (Å²) in [6.07, 6.45) is 6.83. The quantitative estimate of drug-likeness (QED) is 0.759. The second-order valence-corrected chi connectivity index (χ2v) is 6.15. The van der Waals surface area contributed by atoms with Gasteiger partial charge < -0.3 is 10.6 Å². The predicted octanol–water partition coefficient (Wildman–Crippen LogP) is 2.79. The van der Waals surface area contributed by atoms with Gasteiger partial charge in [0.05, 0.1) is 0 Å². The Labute approximate surface area is 112 Å². The summed E-state index contributed by atoms with van der Waals surface area (Å²) in [4.78, 5) is 14.7. The average molecular weight is 254 g/mol. The molecule has 0 aromatic carbocycles. The Hall–Kier alpha value is -0.570. The van der Waals surface area contributed by atoms with E-state index in [-0.39, 0.29) is 5.92 Å². The van der Waals surface area contributed by atoms with Crippen molar-refractivity contribution < 1.29 is 4.79 Å². The molecule has 0 aromatic heterocycles. The summed E-state index contributed by atoms with van der Waals surface area (Å²) in [6, 6.07) is 0.500. The van der Waals surface area contributed by atoms with Crippen molar-refractivity contribution in [2.24, 2.45) is 17.6 Å². The standard InChI is InChI=1S/C15H30N2O/c1-12(2)11-17(14-8-4-5-9-14)15(18)13(3)7-6-10-16/h12-14H,4-11,16H2,1-3H3. The van der Waals surface area contributed by atoms with Gasteiger partial charge in [0, 0.05) is 18.5 Å². The first-order valence-electron chi connectivity index (χ1n) is 7.56. The zero-order valence-electron chi connectivity index (χ0n) is 12.3. The van der Waals surface area contributed by atoms with Gasteiger partial charge in [-0.1, -0.05) is 33.6 Å². The molecular formula is C15H30N2O. The minimum absolute atomic E-state index is 0.132. The van der Waals surface area contributed by atoms with Crippen LogP contribution >= 0.6 is 0 Å². The molecule has 1 rings (SSSR count). The van der Waals surface area contributed by atoms with Gasteiger partial charge in [0.2, 0.25) is 5.91 Å². The van der Waals surface area contributed by atoms with E-state index in [1.807, 2.05) is 0 Å². The summed E-state index contributed by atoms with van der Waals surface area (Å²) in [6.45, 7) is 8.04. The van der Waals surface area contributed by atoms with Crippen molar-refractivity contribution in [2.45, 2.75) is 65.3 Å². The molecule has 2 N–H and O–H groups in total. The molecule has 3 heteroatoms. The van der Waals surface area contributed by atoms with Crippen LogP contribution in [0.15, 0.2) is 0 Å². The van der Waals surface area contributed by atoms with Crippen molar-refractivity contribution in [3.63, 3.8) is 0 Å². The second-order valence-electron chi connectivity index (χ2n) is 6.15. The molecule has 0 heterocycles. The smallest absolute Gasteiger partial charge is 0.225 e. The van der Waals surface area contributed by atoms with Crippen molar-refractivity contribution in [3.05, 3.63) is 0 Å². The first kappa shape index (κ1) is 15.5. The van der Waals surface area contributed by atoms with Crippen LogP contribution in [0.4, 0.5) is 0 Å². The maximum atomic E-state index is 12.6. The zero-order valence-corrected chi connectivity index (χ0v) is 12.3. The molecule has 18 heavy (non-hydrogen) atoms. The Kier molecular flexibility index (Phi) is 6.69. The van der Waals surface area contributed by atoms with Gasteiger partial charge in [-0.25, -0.2) is 0 Å². The number of nitrogens with zero attached hydrogens (tertiary/aromatic N) is 1. The molecule has 1 atom stereocenters. The topological polar surface area (TPSA) is 46.3 Å². The minimum Gasteiger partial charge on any atom is -0.339 e. The number of rotatable bonds is 7. The van der Waals surface area contributed by atoms with Gasteiger partial charge in [-0.2, -0.15) is 0 Å². The number of amides is 1. The van der Waals surface area contributed by atoms with Crippen LogP contribution in [0, 0.1) is 11.8 Å². The van der Waals surface area contributed by atoms with E-state index in [9.17, 15) is 4.79 Å². The number of carbonyl (C=O) groups is 1. The summed E-state index contributed by atoms with van der Waals surface area (Å²) >= 11 is 0. The summed E-state index contributed by atoms with van der Waals surface area (Å²) in [7, 11) is 0. The maximum absolute atomic E-state index is 12.6. The van der Waals surface area contributed by atoms with E-state index in [1.165, 1.54) is 25.7 Å². The highest BCUT2D eigenvalue weighted by molar-refractivity contribution is 5.78. The van der Waals surface area contributed by atoms with E-state index in [4.69, 9.17) is 5.73 Å². The van der Waals surface area contributed by atoms with Crippen LogP contribution in [0.2, 0.25) is 0 Å². The molecule has 0 spiro atoms. The molecule has 1 aliphatic rings. The molecule has 1 unspecified atom stereocenters. The normalized spacial score (nSPS) is 18.3. The Morgan fingerprint density at radius 3 is 2.39 bits per heavy atom. The first-order valence-corrected chi connectivity index (χ1v) is 7.56. The fraction of sp³-hybridized carbons (Fsp3) is 0.933. The second kappa shape index (κ2) is 7.78. The van der Waals surface area contributed by atoms with Crippen molar-refractivity contribution in [2.75, 3.05) is 13.1 Å². The van der Waals surface area contributed by atoms with Crippen LogP contribution in [-0.2, 0) is 4.79 Å². The molecular weight excluding hydrogens is 224 g/mol. The molecule has 3 nitrogen and oxygen atoms in total. The summed E-state index contributed by atoms with van der Waals surface area (Å²) < 4.78 is 0. The van der Waals surface area contributed by atoms with Crippen LogP contribution in [0.25, 0.3) is 0 Å². The maximum Gasteiger partial charge on any atom is 0.225 e. The van der Waals surface area contributed by atoms with Crippen molar-refractivity contribution >= 4 is 5.91 Å². The Balaban J connectivity index is 2.59. The monoisotopic (exact) mass is 254 g/mol. The summed E-state index contributed by atoms with van der Waals surface area (Å²) in [5.41, 5.74) is 5.53. The molecule has 0 aliphatic heterocycles. The third-order valence-electron chi connectivity index (χ3n) is 3.87. The van der Waals surface area contributed by atoms with E-state index in [2.05, 4.69) is 25.7 Å². The summed E-state index contributed by atoms with van der Waals surface area (Å²) in [5.74, 6) is 1.04. The number of hydrogen-bond acceptors (Lipinski definition) is 2. The van der Waals surface area contributed by atoms with Crippen LogP contribution in [0.3, 0.4) is 0 Å². The van der Waals surface area contributed by atoms with E-state index in [0.29, 0.717) is 24.4 Å². The molecule has 0 bridgehead atoms. The lowest BCUT2D eigenvalue weighted by atomic mass is 10.0. The number of carbonyl (C=O) groups excluding carboxylic acids is 1. The van der Waals surface area contributed by atoms with Crippen molar-refractivity contribution in [1.29, 1.82) is 0 Å². The van der Waals surface area contributed by atoms with Gasteiger partial charge in [-0.05, 0) is 38.1 Å². The van der Waals surface area contributed by atoms with Gasteiger partial charge in [-0.15, -0.1) is 0 Å². The van der Waals surface area contributed by atoms with Gasteiger partial charge in [0.1, 0.15) is 0 Å². The Morgan fingerprint density at radius 2 is 1.89 bits per heavy atom. The van der Waals surface area contributed by atoms with Gasteiger partial charge in [-0.3, -0.25) is 4.79 Å². The Morgan fingerprint density at radius 1 is 1.28 bits per heavy atom. The minimum atomic E-state index is 0.132. The molecule has 1 aliphatic carbocycles. The van der Waals surface area contributed by atoms with E-state index >= 15 is 0 Å². The van der Waals surface area contributed by atoms with Crippen LogP contribution < -0.4 is 5.73 Å². The highest BCUT2D eigenvalue weighted by Crippen LogP contribution is 2.26. The third-order valence-corrected chi connectivity index (χ3v) is 3.87. The fourth-order valence-corrected chi connectivity index (χ4v) is 2.86. The highest BCUT2D eigenvalue weighted by Gasteiger charge is 2.29. The molecule has 0 saturated heterocycles. The Bertz CT molecular complexity index is 247. The predicted molar refractivity (Wildman–Crippen MR) is 76.3 cm³/mol. The van der Waals surface area contributed by atoms with Crippen molar-refractivity contribution in [1.82, 2.24) is 4.90 Å². The number of hydrogen-bond donors (Lipinski definition) is 1. The van der Waals surface area contributed by atoms with E-state index in [0.717, 1.165) is 19.4 Å². The lowest BCUT2D eigenvalue weighted by Crippen LogP contribution is -2.43. The van der Waals surface area contributed by atoms with E-state index in [1.54, 1.807) is 0 Å². The third kappa shape index (κ3) is 4.60.